The molecule has 2 rings (SSSR count). The number of anilines is 1. The predicted molar refractivity (Wildman–Crippen MR) is 118 cm³/mol. The molecule has 0 bridgehead atoms. The quantitative estimate of drug-likeness (QED) is 0.662. The van der Waals surface area contributed by atoms with Crippen molar-refractivity contribution < 1.29 is 14.3 Å². The van der Waals surface area contributed by atoms with E-state index in [4.69, 9.17) is 4.74 Å². The van der Waals surface area contributed by atoms with Crippen LogP contribution >= 0.6 is 0 Å². The number of amides is 2. The van der Waals surface area contributed by atoms with Gasteiger partial charge in [-0.05, 0) is 42.0 Å². The Bertz CT molecular complexity index is 810. The smallest absolute Gasteiger partial charge is 0.223 e. The SMILES string of the molecule is CCc1cccc(CC)c1N(CCC(=O)NCCc1ccccc1OC)C(C)=O. The van der Waals surface area contributed by atoms with E-state index >= 15 is 0 Å². The third-order valence-corrected chi connectivity index (χ3v) is 5.09. The number of nitrogens with zero attached hydrogens (tertiary/aromatic N) is 1. The first-order valence-corrected chi connectivity index (χ1v) is 10.3. The van der Waals surface area contributed by atoms with Gasteiger partial charge in [0.1, 0.15) is 5.75 Å². The summed E-state index contributed by atoms with van der Waals surface area (Å²) >= 11 is 0. The van der Waals surface area contributed by atoms with E-state index in [1.165, 1.54) is 0 Å². The van der Waals surface area contributed by atoms with Crippen LogP contribution < -0.4 is 15.0 Å². The van der Waals surface area contributed by atoms with Crippen LogP contribution in [0.25, 0.3) is 0 Å². The van der Waals surface area contributed by atoms with Crippen LogP contribution in [0.1, 0.15) is 43.9 Å². The Balaban J connectivity index is 1.97. The summed E-state index contributed by atoms with van der Waals surface area (Å²) in [7, 11) is 1.65. The van der Waals surface area contributed by atoms with E-state index in [9.17, 15) is 9.59 Å². The number of ether oxygens (including phenoxy) is 1. The minimum atomic E-state index is -0.0572. The third kappa shape index (κ3) is 6.08. The fraction of sp³-hybridized carbons (Fsp3) is 0.417. The molecule has 0 aliphatic carbocycles. The van der Waals surface area contributed by atoms with Crippen LogP contribution in [0.5, 0.6) is 5.75 Å². The van der Waals surface area contributed by atoms with Gasteiger partial charge in [0.15, 0.2) is 0 Å². The maximum absolute atomic E-state index is 12.4. The first kappa shape index (κ1) is 22.5. The third-order valence-electron chi connectivity index (χ3n) is 5.09. The zero-order chi connectivity index (χ0) is 21.2. The molecule has 0 heterocycles. The van der Waals surface area contributed by atoms with E-state index in [1.54, 1.807) is 18.9 Å². The normalized spacial score (nSPS) is 10.5. The Labute approximate surface area is 174 Å². The minimum Gasteiger partial charge on any atom is -0.496 e. The van der Waals surface area contributed by atoms with Gasteiger partial charge in [-0.1, -0.05) is 50.2 Å². The lowest BCUT2D eigenvalue weighted by Crippen LogP contribution is -2.35. The van der Waals surface area contributed by atoms with Gasteiger partial charge in [-0.25, -0.2) is 0 Å². The van der Waals surface area contributed by atoms with E-state index in [0.717, 1.165) is 41.0 Å². The largest absolute Gasteiger partial charge is 0.496 e. The topological polar surface area (TPSA) is 58.6 Å². The zero-order valence-electron chi connectivity index (χ0n) is 18.0. The lowest BCUT2D eigenvalue weighted by molar-refractivity contribution is -0.121. The van der Waals surface area contributed by atoms with E-state index in [2.05, 4.69) is 31.3 Å². The van der Waals surface area contributed by atoms with Crippen LogP contribution in [0.4, 0.5) is 5.69 Å². The summed E-state index contributed by atoms with van der Waals surface area (Å²) in [4.78, 5) is 26.5. The van der Waals surface area contributed by atoms with E-state index < -0.39 is 0 Å². The van der Waals surface area contributed by atoms with Gasteiger partial charge >= 0.3 is 0 Å². The summed E-state index contributed by atoms with van der Waals surface area (Å²) in [5.41, 5.74) is 4.30. The lowest BCUT2D eigenvalue weighted by Gasteiger charge is -2.26. The Morgan fingerprint density at radius 3 is 2.17 bits per heavy atom. The average molecular weight is 397 g/mol. The Hall–Kier alpha value is -2.82. The molecule has 0 unspecified atom stereocenters. The van der Waals surface area contributed by atoms with Crippen molar-refractivity contribution in [2.45, 2.75) is 46.5 Å². The summed E-state index contributed by atoms with van der Waals surface area (Å²) in [5, 5.41) is 2.95. The number of carbonyl (C=O) groups excluding carboxylic acids is 2. The molecule has 29 heavy (non-hydrogen) atoms. The van der Waals surface area contributed by atoms with Gasteiger partial charge in [-0.3, -0.25) is 9.59 Å². The van der Waals surface area contributed by atoms with E-state index in [0.29, 0.717) is 19.5 Å². The molecule has 0 saturated heterocycles. The van der Waals surface area contributed by atoms with Crippen molar-refractivity contribution in [3.8, 4) is 5.75 Å². The standard InChI is InChI=1S/C24H32N2O3/c1-5-19-11-9-12-20(6-2)24(19)26(18(3)27)17-15-23(28)25-16-14-21-10-7-8-13-22(21)29-4/h7-13H,5-6,14-17H2,1-4H3,(H,25,28). The molecule has 1 N–H and O–H groups in total. The molecule has 5 heteroatoms. The van der Waals surface area contributed by atoms with Crippen LogP contribution in [-0.4, -0.2) is 32.0 Å². The number of hydrogen-bond acceptors (Lipinski definition) is 3. The molecule has 0 spiro atoms. The highest BCUT2D eigenvalue weighted by molar-refractivity contribution is 5.94. The molecule has 0 aliphatic heterocycles. The first-order valence-electron chi connectivity index (χ1n) is 10.3. The van der Waals surface area contributed by atoms with Crippen LogP contribution in [-0.2, 0) is 28.9 Å². The molecular weight excluding hydrogens is 364 g/mol. The number of nitrogens with one attached hydrogen (secondary N) is 1. The zero-order valence-corrected chi connectivity index (χ0v) is 18.0. The van der Waals surface area contributed by atoms with Crippen molar-refractivity contribution in [1.82, 2.24) is 5.32 Å². The predicted octanol–water partition coefficient (Wildman–Crippen LogP) is 3.92. The second-order valence-electron chi connectivity index (χ2n) is 6.96. The fourth-order valence-corrected chi connectivity index (χ4v) is 3.54. The number of hydrogen-bond donors (Lipinski definition) is 1. The van der Waals surface area contributed by atoms with Crippen LogP contribution in [0.2, 0.25) is 0 Å². The van der Waals surface area contributed by atoms with Crippen LogP contribution in [0.3, 0.4) is 0 Å². The second kappa shape index (κ2) is 11.2. The van der Waals surface area contributed by atoms with Gasteiger partial charge in [0.05, 0.1) is 7.11 Å². The number of para-hydroxylation sites is 2. The Morgan fingerprint density at radius 2 is 1.59 bits per heavy atom. The van der Waals surface area contributed by atoms with Crippen molar-refractivity contribution in [1.29, 1.82) is 0 Å². The fourth-order valence-electron chi connectivity index (χ4n) is 3.54. The van der Waals surface area contributed by atoms with Gasteiger partial charge in [0, 0.05) is 32.1 Å². The summed E-state index contributed by atoms with van der Waals surface area (Å²) in [6.45, 7) is 6.64. The summed E-state index contributed by atoms with van der Waals surface area (Å²) < 4.78 is 5.34. The molecule has 0 radical (unpaired) electrons. The number of carbonyl (C=O) groups is 2. The van der Waals surface area contributed by atoms with Crippen molar-refractivity contribution in [2.75, 3.05) is 25.1 Å². The van der Waals surface area contributed by atoms with Crippen molar-refractivity contribution in [3.05, 3.63) is 59.2 Å². The molecule has 2 aromatic carbocycles. The second-order valence-corrected chi connectivity index (χ2v) is 6.96. The number of rotatable bonds is 10. The van der Waals surface area contributed by atoms with Gasteiger partial charge in [0.25, 0.3) is 0 Å². The maximum atomic E-state index is 12.4. The molecule has 0 atom stereocenters. The van der Waals surface area contributed by atoms with Crippen molar-refractivity contribution >= 4 is 17.5 Å². The Morgan fingerprint density at radius 1 is 0.966 bits per heavy atom. The highest BCUT2D eigenvalue weighted by atomic mass is 16.5. The maximum Gasteiger partial charge on any atom is 0.223 e. The molecule has 0 fully saturated rings. The van der Waals surface area contributed by atoms with E-state index in [-0.39, 0.29) is 18.2 Å². The van der Waals surface area contributed by atoms with Gasteiger partial charge in [0.2, 0.25) is 11.8 Å². The molecular formula is C24H32N2O3. The molecule has 0 saturated carbocycles. The monoisotopic (exact) mass is 396 g/mol. The molecule has 0 aromatic heterocycles. The molecule has 0 aliphatic rings. The van der Waals surface area contributed by atoms with E-state index in [1.807, 2.05) is 30.3 Å². The van der Waals surface area contributed by atoms with Crippen molar-refractivity contribution in [2.24, 2.45) is 0 Å². The number of benzene rings is 2. The average Bonchev–Trinajstić information content (AvgIpc) is 2.73. The molecule has 5 nitrogen and oxygen atoms in total. The Kier molecular flexibility index (Phi) is 8.71. The number of aryl methyl sites for hydroxylation is 2. The lowest BCUT2D eigenvalue weighted by atomic mass is 10.0. The molecule has 2 aromatic rings. The summed E-state index contributed by atoms with van der Waals surface area (Å²) in [6.07, 6.45) is 2.66. The minimum absolute atomic E-state index is 0.0394. The van der Waals surface area contributed by atoms with Crippen LogP contribution in [0, 0.1) is 0 Å². The summed E-state index contributed by atoms with van der Waals surface area (Å²) in [6, 6.07) is 13.9. The first-order chi connectivity index (χ1) is 14.0. The number of methoxy groups -OCH3 is 1. The van der Waals surface area contributed by atoms with Crippen LogP contribution in [0.15, 0.2) is 42.5 Å². The highest BCUT2D eigenvalue weighted by Gasteiger charge is 2.19. The van der Waals surface area contributed by atoms with Gasteiger partial charge < -0.3 is 15.0 Å². The van der Waals surface area contributed by atoms with Gasteiger partial charge in [-0.15, -0.1) is 0 Å². The van der Waals surface area contributed by atoms with Crippen molar-refractivity contribution in [3.63, 3.8) is 0 Å². The molecule has 156 valence electrons. The molecule has 2 amide bonds. The summed E-state index contributed by atoms with van der Waals surface area (Å²) in [5.74, 6) is 0.730. The highest BCUT2D eigenvalue weighted by Crippen LogP contribution is 2.27. The van der Waals surface area contributed by atoms with Gasteiger partial charge in [-0.2, -0.15) is 0 Å².